The van der Waals surface area contributed by atoms with E-state index < -0.39 is 0 Å². The van der Waals surface area contributed by atoms with Crippen LogP contribution in [0.3, 0.4) is 0 Å². The quantitative estimate of drug-likeness (QED) is 0.554. The molecule has 2 aromatic heterocycles. The van der Waals surface area contributed by atoms with E-state index in [-0.39, 0.29) is 11.9 Å². The fraction of sp³-hybridized carbons (Fsp3) is 0.217. The van der Waals surface area contributed by atoms with Gasteiger partial charge in [0.1, 0.15) is 5.58 Å². The third-order valence-corrected chi connectivity index (χ3v) is 5.27. The predicted octanol–water partition coefficient (Wildman–Crippen LogP) is 4.66. The van der Waals surface area contributed by atoms with Crippen molar-refractivity contribution in [1.82, 2.24) is 14.9 Å². The first-order chi connectivity index (χ1) is 13.5. The minimum Gasteiger partial charge on any atom is -0.464 e. The van der Waals surface area contributed by atoms with E-state index in [1.165, 1.54) is 5.56 Å². The van der Waals surface area contributed by atoms with Gasteiger partial charge in [0.25, 0.3) is 0 Å². The third-order valence-electron chi connectivity index (χ3n) is 5.27. The number of nitrogens with one attached hydrogen (secondary N) is 1. The fourth-order valence-electron chi connectivity index (χ4n) is 3.42. The number of hydrogen-bond donors (Lipinski definition) is 1. The van der Waals surface area contributed by atoms with E-state index in [0.717, 1.165) is 33.3 Å². The lowest BCUT2D eigenvalue weighted by molar-refractivity contribution is -0.121. The Kier molecular flexibility index (Phi) is 4.74. The first-order valence-electron chi connectivity index (χ1n) is 9.37. The second-order valence-corrected chi connectivity index (χ2v) is 7.17. The summed E-state index contributed by atoms with van der Waals surface area (Å²) in [5.41, 5.74) is 6.18. The largest absolute Gasteiger partial charge is 0.464 e. The topological polar surface area (TPSA) is 60.1 Å². The number of amides is 1. The number of carbonyl (C=O) groups is 1. The summed E-state index contributed by atoms with van der Waals surface area (Å²) >= 11 is 0. The maximum absolute atomic E-state index is 12.6. The molecule has 0 aliphatic rings. The number of nitrogens with zero attached hydrogens (tertiary/aromatic N) is 2. The molecule has 4 aromatic rings. The maximum atomic E-state index is 12.6. The smallest absolute Gasteiger partial charge is 0.225 e. The van der Waals surface area contributed by atoms with Crippen molar-refractivity contribution in [2.24, 2.45) is 0 Å². The van der Waals surface area contributed by atoms with Crippen LogP contribution in [0.15, 0.2) is 65.8 Å². The van der Waals surface area contributed by atoms with Crippen molar-refractivity contribution in [3.8, 4) is 5.69 Å². The number of hydrogen-bond acceptors (Lipinski definition) is 3. The molecule has 1 amide bonds. The summed E-state index contributed by atoms with van der Waals surface area (Å²) in [7, 11) is 0. The van der Waals surface area contributed by atoms with Crippen LogP contribution in [-0.4, -0.2) is 15.5 Å². The molecule has 0 radical (unpaired) electrons. The van der Waals surface area contributed by atoms with E-state index in [4.69, 9.17) is 4.42 Å². The molecule has 0 saturated heterocycles. The molecular formula is C23H23N3O2. The van der Waals surface area contributed by atoms with E-state index in [1.54, 1.807) is 18.8 Å². The average Bonchev–Trinajstić information content (AvgIpc) is 3.35. The minimum atomic E-state index is -0.0773. The molecule has 28 heavy (non-hydrogen) atoms. The Morgan fingerprint density at radius 1 is 1.18 bits per heavy atom. The van der Waals surface area contributed by atoms with E-state index in [0.29, 0.717) is 6.42 Å². The SMILES string of the molecule is Cc1ccc2c(CC(=O)NC(C)c3ccc(-n4ccnc4)cc3)coc2c1C. The second kappa shape index (κ2) is 7.35. The lowest BCUT2D eigenvalue weighted by atomic mass is 10.0. The zero-order valence-electron chi connectivity index (χ0n) is 16.3. The average molecular weight is 373 g/mol. The lowest BCUT2D eigenvalue weighted by Crippen LogP contribution is -2.28. The van der Waals surface area contributed by atoms with Crippen LogP contribution in [-0.2, 0) is 11.2 Å². The summed E-state index contributed by atoms with van der Waals surface area (Å²) in [5, 5.41) is 4.09. The zero-order chi connectivity index (χ0) is 19.7. The first kappa shape index (κ1) is 18.0. The van der Waals surface area contributed by atoms with E-state index in [1.807, 2.05) is 54.9 Å². The van der Waals surface area contributed by atoms with Crippen LogP contribution in [0, 0.1) is 13.8 Å². The number of imidazole rings is 1. The van der Waals surface area contributed by atoms with Crippen LogP contribution in [0.2, 0.25) is 0 Å². The molecule has 2 heterocycles. The highest BCUT2D eigenvalue weighted by atomic mass is 16.3. The first-order valence-corrected chi connectivity index (χ1v) is 9.37. The van der Waals surface area contributed by atoms with Gasteiger partial charge < -0.3 is 14.3 Å². The van der Waals surface area contributed by atoms with Gasteiger partial charge >= 0.3 is 0 Å². The van der Waals surface area contributed by atoms with Crippen molar-refractivity contribution in [1.29, 1.82) is 0 Å². The Bertz CT molecular complexity index is 1110. The van der Waals surface area contributed by atoms with Gasteiger partial charge in [0.2, 0.25) is 5.91 Å². The van der Waals surface area contributed by atoms with Crippen molar-refractivity contribution in [3.63, 3.8) is 0 Å². The number of aromatic nitrogens is 2. The molecule has 0 fully saturated rings. The van der Waals surface area contributed by atoms with Gasteiger partial charge in [-0.25, -0.2) is 4.98 Å². The molecular weight excluding hydrogens is 350 g/mol. The standard InChI is InChI=1S/C23H23N3O2/c1-15-4-9-21-19(13-28-23(21)16(15)2)12-22(27)25-17(3)18-5-7-20(8-6-18)26-11-10-24-14-26/h4-11,13-14,17H,12H2,1-3H3,(H,25,27). The Morgan fingerprint density at radius 3 is 2.68 bits per heavy atom. The van der Waals surface area contributed by atoms with Crippen molar-refractivity contribution in [3.05, 3.63) is 83.6 Å². The van der Waals surface area contributed by atoms with Crippen LogP contribution < -0.4 is 5.32 Å². The molecule has 0 aliphatic carbocycles. The van der Waals surface area contributed by atoms with Gasteiger partial charge in [0, 0.05) is 29.0 Å². The molecule has 1 unspecified atom stereocenters. The van der Waals surface area contributed by atoms with Gasteiger partial charge in [-0.2, -0.15) is 0 Å². The molecule has 5 heteroatoms. The number of furan rings is 1. The van der Waals surface area contributed by atoms with E-state index in [9.17, 15) is 4.79 Å². The van der Waals surface area contributed by atoms with Gasteiger partial charge in [-0.15, -0.1) is 0 Å². The Labute approximate surface area is 164 Å². The Hall–Kier alpha value is -3.34. The van der Waals surface area contributed by atoms with Gasteiger partial charge in [-0.1, -0.05) is 24.3 Å². The number of rotatable bonds is 5. The third kappa shape index (κ3) is 3.43. The molecule has 0 saturated carbocycles. The second-order valence-electron chi connectivity index (χ2n) is 7.17. The number of aryl methyl sites for hydroxylation is 2. The van der Waals surface area contributed by atoms with Crippen molar-refractivity contribution >= 4 is 16.9 Å². The highest BCUT2D eigenvalue weighted by molar-refractivity contribution is 5.89. The molecule has 2 aromatic carbocycles. The summed E-state index contributed by atoms with van der Waals surface area (Å²) < 4.78 is 7.66. The van der Waals surface area contributed by atoms with Crippen LogP contribution >= 0.6 is 0 Å². The summed E-state index contributed by atoms with van der Waals surface area (Å²) in [6.07, 6.45) is 7.41. The number of fused-ring (bicyclic) bond motifs is 1. The summed E-state index contributed by atoms with van der Waals surface area (Å²) in [6.45, 7) is 6.09. The molecule has 0 bridgehead atoms. The monoisotopic (exact) mass is 373 g/mol. The summed E-state index contributed by atoms with van der Waals surface area (Å²) in [4.78, 5) is 16.6. The molecule has 0 spiro atoms. The maximum Gasteiger partial charge on any atom is 0.225 e. The van der Waals surface area contributed by atoms with Crippen molar-refractivity contribution in [2.45, 2.75) is 33.2 Å². The molecule has 4 rings (SSSR count). The fourth-order valence-corrected chi connectivity index (χ4v) is 3.42. The van der Waals surface area contributed by atoms with Crippen molar-refractivity contribution in [2.75, 3.05) is 0 Å². The van der Waals surface area contributed by atoms with Gasteiger partial charge in [-0.3, -0.25) is 4.79 Å². The highest BCUT2D eigenvalue weighted by Crippen LogP contribution is 2.27. The van der Waals surface area contributed by atoms with Crippen LogP contribution in [0.25, 0.3) is 16.7 Å². The number of carbonyl (C=O) groups excluding carboxylic acids is 1. The van der Waals surface area contributed by atoms with Gasteiger partial charge in [-0.05, 0) is 49.6 Å². The van der Waals surface area contributed by atoms with Crippen LogP contribution in [0.1, 0.15) is 35.2 Å². The Morgan fingerprint density at radius 2 is 1.96 bits per heavy atom. The summed E-state index contributed by atoms with van der Waals surface area (Å²) in [6, 6.07) is 12.1. The van der Waals surface area contributed by atoms with Crippen LogP contribution in [0.4, 0.5) is 0 Å². The molecule has 0 aliphatic heterocycles. The highest BCUT2D eigenvalue weighted by Gasteiger charge is 2.15. The lowest BCUT2D eigenvalue weighted by Gasteiger charge is -2.15. The zero-order valence-corrected chi connectivity index (χ0v) is 16.3. The van der Waals surface area contributed by atoms with E-state index >= 15 is 0 Å². The van der Waals surface area contributed by atoms with Crippen LogP contribution in [0.5, 0.6) is 0 Å². The number of benzene rings is 2. The molecule has 1 N–H and O–H groups in total. The normalized spacial score (nSPS) is 12.2. The Balaban J connectivity index is 1.44. The van der Waals surface area contributed by atoms with E-state index in [2.05, 4.69) is 23.3 Å². The van der Waals surface area contributed by atoms with Crippen molar-refractivity contribution < 1.29 is 9.21 Å². The van der Waals surface area contributed by atoms with Gasteiger partial charge in [0.05, 0.1) is 25.1 Å². The molecule has 5 nitrogen and oxygen atoms in total. The van der Waals surface area contributed by atoms with Gasteiger partial charge in [0.15, 0.2) is 0 Å². The molecule has 142 valence electrons. The molecule has 1 atom stereocenters. The predicted molar refractivity (Wildman–Crippen MR) is 110 cm³/mol. The minimum absolute atomic E-state index is 0.0212. The summed E-state index contributed by atoms with van der Waals surface area (Å²) in [5.74, 6) is -0.0212.